The topological polar surface area (TPSA) is 43.4 Å². The largest absolute Gasteiger partial charge is 0.465 e. The maximum atomic E-state index is 13.2. The Kier molecular flexibility index (Phi) is 5.22. The fraction of sp³-hybridized carbons (Fsp3) is 0.167. The van der Waals surface area contributed by atoms with Crippen LogP contribution in [0.5, 0.6) is 0 Å². The third-order valence-electron chi connectivity index (χ3n) is 4.52. The second kappa shape index (κ2) is 7.58. The molecule has 0 N–H and O–H groups in total. The zero-order valence-electron chi connectivity index (χ0n) is 16.0. The van der Waals surface area contributed by atoms with E-state index < -0.39 is 5.97 Å². The number of methoxy groups -OCH3 is 1. The van der Waals surface area contributed by atoms with Gasteiger partial charge in [-0.25, -0.2) is 4.79 Å². The number of hydrogen-bond donors (Lipinski definition) is 0. The predicted molar refractivity (Wildman–Crippen MR) is 107 cm³/mol. The number of rotatable bonds is 4. The smallest absolute Gasteiger partial charge is 0.337 e. The summed E-state index contributed by atoms with van der Waals surface area (Å²) in [5.41, 5.74) is 6.91. The summed E-state index contributed by atoms with van der Waals surface area (Å²) in [5.74, 6) is -0.482. The Morgan fingerprint density at radius 1 is 0.704 bits per heavy atom. The van der Waals surface area contributed by atoms with Gasteiger partial charge in [0.1, 0.15) is 0 Å². The number of carbonyl (C=O) groups excluding carboxylic acids is 2. The van der Waals surface area contributed by atoms with Crippen molar-refractivity contribution in [3.8, 4) is 11.1 Å². The molecule has 3 nitrogen and oxygen atoms in total. The Hall–Kier alpha value is -3.20. The Labute approximate surface area is 159 Å². The molecular formula is C24H22O3. The van der Waals surface area contributed by atoms with E-state index in [0.29, 0.717) is 16.7 Å². The van der Waals surface area contributed by atoms with Gasteiger partial charge in [-0.1, -0.05) is 59.2 Å². The second-order valence-electron chi connectivity index (χ2n) is 6.82. The highest BCUT2D eigenvalue weighted by atomic mass is 16.5. The third kappa shape index (κ3) is 3.98. The third-order valence-corrected chi connectivity index (χ3v) is 4.52. The molecule has 0 unspecified atom stereocenters. The quantitative estimate of drug-likeness (QED) is 0.470. The number of aryl methyl sites for hydroxylation is 3. The van der Waals surface area contributed by atoms with Crippen LogP contribution >= 0.6 is 0 Å². The first-order chi connectivity index (χ1) is 12.9. The SMILES string of the molecule is COC(=O)c1ccc(C(=O)c2cc(C)ccc2-c2cc(C)cc(C)c2)cc1. The van der Waals surface area contributed by atoms with E-state index in [1.807, 2.05) is 25.1 Å². The molecule has 0 saturated heterocycles. The van der Waals surface area contributed by atoms with Gasteiger partial charge in [-0.05, 0) is 50.1 Å². The van der Waals surface area contributed by atoms with Gasteiger partial charge in [-0.15, -0.1) is 0 Å². The minimum Gasteiger partial charge on any atom is -0.465 e. The minimum absolute atomic E-state index is 0.0655. The van der Waals surface area contributed by atoms with Gasteiger partial charge in [-0.3, -0.25) is 4.79 Å². The molecule has 0 spiro atoms. The average molecular weight is 358 g/mol. The Morgan fingerprint density at radius 2 is 1.30 bits per heavy atom. The maximum Gasteiger partial charge on any atom is 0.337 e. The fourth-order valence-electron chi connectivity index (χ4n) is 3.26. The summed E-state index contributed by atoms with van der Waals surface area (Å²) < 4.78 is 4.71. The monoisotopic (exact) mass is 358 g/mol. The molecule has 0 saturated carbocycles. The Balaban J connectivity index is 2.07. The van der Waals surface area contributed by atoms with Crippen molar-refractivity contribution in [2.75, 3.05) is 7.11 Å². The Morgan fingerprint density at radius 3 is 1.89 bits per heavy atom. The minimum atomic E-state index is -0.416. The van der Waals surface area contributed by atoms with Gasteiger partial charge in [0.2, 0.25) is 0 Å². The van der Waals surface area contributed by atoms with E-state index >= 15 is 0 Å². The molecule has 0 amide bonds. The lowest BCUT2D eigenvalue weighted by molar-refractivity contribution is 0.0600. The molecule has 0 radical (unpaired) electrons. The van der Waals surface area contributed by atoms with E-state index in [1.165, 1.54) is 7.11 Å². The van der Waals surface area contributed by atoms with E-state index in [1.54, 1.807) is 24.3 Å². The number of esters is 1. The van der Waals surface area contributed by atoms with Crippen LogP contribution in [-0.4, -0.2) is 18.9 Å². The van der Waals surface area contributed by atoms with E-state index in [-0.39, 0.29) is 5.78 Å². The molecule has 0 atom stereocenters. The molecule has 0 aliphatic rings. The number of benzene rings is 3. The van der Waals surface area contributed by atoms with E-state index in [9.17, 15) is 9.59 Å². The summed E-state index contributed by atoms with van der Waals surface area (Å²) in [6, 6.07) is 18.8. The molecule has 0 aliphatic carbocycles. The molecule has 0 aliphatic heterocycles. The van der Waals surface area contributed by atoms with Crippen molar-refractivity contribution in [3.05, 3.63) is 94.0 Å². The summed E-state index contributed by atoms with van der Waals surface area (Å²) >= 11 is 0. The molecule has 0 fully saturated rings. The van der Waals surface area contributed by atoms with Crippen LogP contribution < -0.4 is 0 Å². The van der Waals surface area contributed by atoms with Crippen LogP contribution in [0, 0.1) is 20.8 Å². The van der Waals surface area contributed by atoms with Crippen LogP contribution in [0.3, 0.4) is 0 Å². The van der Waals surface area contributed by atoms with Gasteiger partial charge in [-0.2, -0.15) is 0 Å². The lowest BCUT2D eigenvalue weighted by Crippen LogP contribution is -2.06. The van der Waals surface area contributed by atoms with Crippen molar-refractivity contribution in [1.82, 2.24) is 0 Å². The van der Waals surface area contributed by atoms with Crippen LogP contribution in [0.4, 0.5) is 0 Å². The van der Waals surface area contributed by atoms with Gasteiger partial charge in [0.05, 0.1) is 12.7 Å². The first-order valence-electron chi connectivity index (χ1n) is 8.81. The lowest BCUT2D eigenvalue weighted by atomic mass is 9.91. The number of hydrogen-bond acceptors (Lipinski definition) is 3. The molecular weight excluding hydrogens is 336 g/mol. The zero-order valence-corrected chi connectivity index (χ0v) is 16.0. The molecule has 0 heterocycles. The van der Waals surface area contributed by atoms with Gasteiger partial charge in [0.25, 0.3) is 0 Å². The van der Waals surface area contributed by atoms with Crippen LogP contribution in [0.25, 0.3) is 11.1 Å². The number of ether oxygens (including phenoxy) is 1. The Bertz CT molecular complexity index is 994. The highest BCUT2D eigenvalue weighted by molar-refractivity contribution is 6.13. The van der Waals surface area contributed by atoms with Crippen LogP contribution in [-0.2, 0) is 4.74 Å². The van der Waals surface area contributed by atoms with E-state index in [0.717, 1.165) is 27.8 Å². The maximum absolute atomic E-state index is 13.2. The van der Waals surface area contributed by atoms with Crippen molar-refractivity contribution in [3.63, 3.8) is 0 Å². The number of carbonyl (C=O) groups is 2. The highest BCUT2D eigenvalue weighted by Gasteiger charge is 2.16. The molecule has 27 heavy (non-hydrogen) atoms. The lowest BCUT2D eigenvalue weighted by Gasteiger charge is -2.12. The van der Waals surface area contributed by atoms with Crippen molar-refractivity contribution in [2.45, 2.75) is 20.8 Å². The molecule has 3 rings (SSSR count). The second-order valence-corrected chi connectivity index (χ2v) is 6.82. The molecule has 3 aromatic carbocycles. The van der Waals surface area contributed by atoms with Gasteiger partial charge < -0.3 is 4.74 Å². The van der Waals surface area contributed by atoms with Crippen molar-refractivity contribution >= 4 is 11.8 Å². The molecule has 3 aromatic rings. The molecule has 3 heteroatoms. The van der Waals surface area contributed by atoms with Gasteiger partial charge in [0.15, 0.2) is 5.78 Å². The predicted octanol–water partition coefficient (Wildman–Crippen LogP) is 5.30. The number of ketones is 1. The average Bonchev–Trinajstić information content (AvgIpc) is 2.66. The van der Waals surface area contributed by atoms with Gasteiger partial charge in [0, 0.05) is 11.1 Å². The summed E-state index contributed by atoms with van der Waals surface area (Å²) in [4.78, 5) is 24.8. The summed E-state index contributed by atoms with van der Waals surface area (Å²) in [6.45, 7) is 6.08. The van der Waals surface area contributed by atoms with E-state index in [2.05, 4.69) is 32.0 Å². The van der Waals surface area contributed by atoms with E-state index in [4.69, 9.17) is 4.74 Å². The van der Waals surface area contributed by atoms with Crippen LogP contribution in [0.15, 0.2) is 60.7 Å². The van der Waals surface area contributed by atoms with Crippen LogP contribution in [0.1, 0.15) is 43.0 Å². The van der Waals surface area contributed by atoms with Gasteiger partial charge >= 0.3 is 5.97 Å². The molecule has 0 aromatic heterocycles. The summed E-state index contributed by atoms with van der Waals surface area (Å²) in [6.07, 6.45) is 0. The first-order valence-corrected chi connectivity index (χ1v) is 8.81. The van der Waals surface area contributed by atoms with Crippen molar-refractivity contribution in [1.29, 1.82) is 0 Å². The first kappa shape index (κ1) is 18.6. The van der Waals surface area contributed by atoms with Crippen molar-refractivity contribution < 1.29 is 14.3 Å². The zero-order chi connectivity index (χ0) is 19.6. The normalized spacial score (nSPS) is 10.5. The fourth-order valence-corrected chi connectivity index (χ4v) is 3.26. The molecule has 0 bridgehead atoms. The van der Waals surface area contributed by atoms with Crippen molar-refractivity contribution in [2.24, 2.45) is 0 Å². The highest BCUT2D eigenvalue weighted by Crippen LogP contribution is 2.28. The standard InChI is InChI=1S/C24H22O3/c1-15-5-10-21(20-12-16(2)11-17(3)13-20)22(14-15)23(25)18-6-8-19(9-7-18)24(26)27-4/h5-14H,1-4H3. The molecule has 136 valence electrons. The van der Waals surface area contributed by atoms with Crippen LogP contribution in [0.2, 0.25) is 0 Å². The summed E-state index contributed by atoms with van der Waals surface area (Å²) in [5, 5.41) is 0. The summed E-state index contributed by atoms with van der Waals surface area (Å²) in [7, 11) is 1.34.